The Hall–Kier alpha value is -10.1. The fraction of sp³-hybridized carbons (Fsp3) is 0.274. The van der Waals surface area contributed by atoms with Crippen LogP contribution in [-0.4, -0.2) is 136 Å². The van der Waals surface area contributed by atoms with E-state index in [1.165, 1.54) is 19.2 Å². The maximum Gasteiger partial charge on any atom is 0.264 e. The van der Waals surface area contributed by atoms with Gasteiger partial charge in [0.2, 0.25) is 41.4 Å². The van der Waals surface area contributed by atoms with Crippen molar-refractivity contribution in [3.63, 3.8) is 0 Å². The molecule has 8 atom stereocenters. The third kappa shape index (κ3) is 20.0. The van der Waals surface area contributed by atoms with Crippen molar-refractivity contribution in [2.24, 2.45) is 11.5 Å². The monoisotopic (exact) mass is 1330 g/mol. The van der Waals surface area contributed by atoms with Crippen molar-refractivity contribution in [1.82, 2.24) is 47.4 Å². The third-order valence-electron chi connectivity index (χ3n) is 16.3. The predicted molar refractivity (Wildman–Crippen MR) is 374 cm³/mol. The molecule has 96 heavy (non-hydrogen) atoms. The molecular weight excluding hydrogens is 1260 g/mol. The quantitative estimate of drug-likeness (QED) is 0.0446. The van der Waals surface area contributed by atoms with Gasteiger partial charge in [-0.25, -0.2) is 0 Å². The summed E-state index contributed by atoms with van der Waals surface area (Å²) in [5, 5.41) is 36.3. The van der Waals surface area contributed by atoms with Gasteiger partial charge in [-0.1, -0.05) is 205 Å². The smallest absolute Gasteiger partial charge is 0.264 e. The summed E-state index contributed by atoms with van der Waals surface area (Å²) in [5.41, 5.74) is 16.6. The first-order valence-corrected chi connectivity index (χ1v) is 34.0. The molecule has 9 amide bonds. The first kappa shape index (κ1) is 70.3. The Morgan fingerprint density at radius 3 is 1.60 bits per heavy atom. The minimum Gasteiger partial charge on any atom is -0.508 e. The Kier molecular flexibility index (Phi) is 24.8. The highest BCUT2D eigenvalue weighted by Gasteiger charge is 2.38. The zero-order valence-corrected chi connectivity index (χ0v) is 55.0. The zero-order valence-electron chi connectivity index (χ0n) is 53.4. The van der Waals surface area contributed by atoms with Gasteiger partial charge in [0.05, 0.1) is 6.04 Å². The number of benzene rings is 8. The average molecular weight is 1330 g/mol. The second kappa shape index (κ2) is 33.9. The first-order chi connectivity index (χ1) is 46.2. The molecule has 9 rings (SSSR count). The lowest BCUT2D eigenvalue weighted by molar-refractivity contribution is -0.137. The van der Waals surface area contributed by atoms with E-state index < -0.39 is 102 Å². The molecule has 0 saturated carbocycles. The van der Waals surface area contributed by atoms with Gasteiger partial charge in [0.15, 0.2) is 6.17 Å². The number of phenols is 1. The van der Waals surface area contributed by atoms with Gasteiger partial charge in [0.1, 0.15) is 42.0 Å². The second-order valence-electron chi connectivity index (χ2n) is 24.0. The number of nitrogens with two attached hydrogens (primary N) is 2. The number of primary amides is 1. The van der Waals surface area contributed by atoms with Crippen molar-refractivity contribution in [3.05, 3.63) is 233 Å². The summed E-state index contributed by atoms with van der Waals surface area (Å²) in [7, 11) is 3.37. The van der Waals surface area contributed by atoms with Crippen molar-refractivity contribution < 1.29 is 48.3 Å². The lowest BCUT2D eigenvalue weighted by Crippen LogP contribution is -2.64. The highest BCUT2D eigenvalue weighted by atomic mass is 33.1. The van der Waals surface area contributed by atoms with Crippen molar-refractivity contribution in [2.75, 3.05) is 18.6 Å². The summed E-state index contributed by atoms with van der Waals surface area (Å²) in [6, 6.07) is 46.7. The number of fused-ring (bicyclic) bond motifs is 2. The van der Waals surface area contributed by atoms with E-state index in [0.29, 0.717) is 39.7 Å². The molecule has 1 aliphatic rings. The molecule has 1 heterocycles. The van der Waals surface area contributed by atoms with Crippen LogP contribution in [0, 0.1) is 0 Å². The first-order valence-electron chi connectivity index (χ1n) is 31.6. The van der Waals surface area contributed by atoms with Gasteiger partial charge in [-0.15, -0.1) is 0 Å². The SMILES string of the molecule is CC(C)NCc1ccc(C[C@@H]2NC(=O)[C@H](N(C)C(=O)c3ccc4ccccc4c3)NC(=O)[C@H](Cc3ccccc3)NC(=O)[C@H](NC(=O)[C@@H](N)Cc3ccc(O)cc3)CSSC[C@@H](C(=O)N[C@@H](Cc3ccc4ccccc4c3)C(N)=O)NC(=O)[C@H](Cc3ccccc3)NC2=O)cc1. The molecule has 0 spiro atoms. The lowest BCUT2D eigenvalue weighted by atomic mass is 10.0. The summed E-state index contributed by atoms with van der Waals surface area (Å²) in [6.45, 7) is 4.57. The van der Waals surface area contributed by atoms with Gasteiger partial charge in [0.25, 0.3) is 11.8 Å². The van der Waals surface area contributed by atoms with E-state index in [9.17, 15) is 24.3 Å². The fourth-order valence-electron chi connectivity index (χ4n) is 10.9. The van der Waals surface area contributed by atoms with Crippen LogP contribution in [0.5, 0.6) is 5.75 Å². The van der Waals surface area contributed by atoms with Crippen LogP contribution in [0.3, 0.4) is 0 Å². The van der Waals surface area contributed by atoms with E-state index in [4.69, 9.17) is 11.5 Å². The number of aromatic hydroxyl groups is 1. The normalized spacial score (nSPS) is 19.1. The Morgan fingerprint density at radius 1 is 0.531 bits per heavy atom. The van der Waals surface area contributed by atoms with Gasteiger partial charge in [-0.3, -0.25) is 43.2 Å². The minimum absolute atomic E-state index is 0.00132. The highest BCUT2D eigenvalue weighted by Crippen LogP contribution is 2.25. The fourth-order valence-corrected chi connectivity index (χ4v) is 13.2. The molecule has 0 bridgehead atoms. The van der Waals surface area contributed by atoms with Crippen LogP contribution in [0.1, 0.15) is 57.6 Å². The summed E-state index contributed by atoms with van der Waals surface area (Å²) in [4.78, 5) is 135. The summed E-state index contributed by atoms with van der Waals surface area (Å²) in [6.07, 6.45) is -2.40. The zero-order chi connectivity index (χ0) is 68.3. The minimum atomic E-state index is -1.90. The Labute approximate surface area is 564 Å². The van der Waals surface area contributed by atoms with Crippen LogP contribution in [0.25, 0.3) is 21.5 Å². The number of phenolic OH excluding ortho intramolecular Hbond substituents is 1. The maximum atomic E-state index is 15.5. The highest BCUT2D eigenvalue weighted by molar-refractivity contribution is 8.76. The van der Waals surface area contributed by atoms with Gasteiger partial charge in [-0.2, -0.15) is 0 Å². The van der Waals surface area contributed by atoms with Crippen LogP contribution >= 0.6 is 21.6 Å². The summed E-state index contributed by atoms with van der Waals surface area (Å²) >= 11 is 0. The Bertz CT molecular complexity index is 4060. The molecule has 21 nitrogen and oxygen atoms in total. The van der Waals surface area contributed by atoms with Crippen molar-refractivity contribution in [2.45, 2.75) is 107 Å². The topological polar surface area (TPSA) is 325 Å². The number of hydrogen-bond acceptors (Lipinski definition) is 14. The second-order valence-corrected chi connectivity index (χ2v) is 26.6. The number of carbonyl (C=O) groups is 9. The van der Waals surface area contributed by atoms with Crippen LogP contribution in [-0.2, 0) is 77.0 Å². The standard InChI is InChI=1S/C73H79N11O10S2/c1-44(2)76-41-49-24-22-48(23-25-49)38-60-67(88)78-59(36-45-14-6-4-7-15-45)68(89)82-63(70(91)77-58(64(75)86)39-50-26-29-51-18-10-12-20-53(51)34-50)43-96-95-42-62(81-66(87)57(74)35-47-27-32-56(85)33-28-47)71(92)79-61(37-46-16-8-5-9-17-46)69(90)83-65(72(93)80-60)84(3)73(94)55-31-30-52-19-11-13-21-54(52)40-55/h4-34,40,44,57-63,65,76,85H,35-39,41-43,74H2,1-3H3,(H2,75,86)(H,77,91)(H,78,88)(H,79,92)(H,80,93)(H,81,87)(H,82,89)(H,83,90)/t57-,58-,59-,60-,61-,62+,63-,65-/m0/s1. The summed E-state index contributed by atoms with van der Waals surface area (Å²) in [5.74, 6) is -8.15. The predicted octanol–water partition coefficient (Wildman–Crippen LogP) is 5.04. The van der Waals surface area contributed by atoms with Gasteiger partial charge >= 0.3 is 0 Å². The molecular formula is C73H79N11O10S2. The van der Waals surface area contributed by atoms with Gasteiger partial charge in [-0.05, 0) is 85.6 Å². The molecule has 0 radical (unpaired) electrons. The Balaban J connectivity index is 1.12. The molecule has 1 aliphatic heterocycles. The molecule has 8 aromatic rings. The van der Waals surface area contributed by atoms with Gasteiger partial charge in [0, 0.05) is 62.4 Å². The van der Waals surface area contributed by atoms with E-state index in [-0.39, 0.29) is 61.0 Å². The number of carbonyl (C=O) groups excluding carboxylic acids is 9. The largest absolute Gasteiger partial charge is 0.508 e. The number of amides is 9. The average Bonchev–Trinajstić information content (AvgIpc) is 0.927. The molecule has 13 N–H and O–H groups in total. The van der Waals surface area contributed by atoms with E-state index in [2.05, 4.69) is 42.5 Å². The Morgan fingerprint density at radius 2 is 1.01 bits per heavy atom. The molecule has 498 valence electrons. The number of hydrogen-bond donors (Lipinski definition) is 11. The number of likely N-dealkylation sites (N-methyl/N-ethyl adjacent to an activating group) is 1. The van der Waals surface area contributed by atoms with Crippen molar-refractivity contribution in [3.8, 4) is 5.75 Å². The molecule has 0 unspecified atom stereocenters. The maximum absolute atomic E-state index is 15.5. The molecule has 1 saturated heterocycles. The summed E-state index contributed by atoms with van der Waals surface area (Å²) < 4.78 is 0. The van der Waals surface area contributed by atoms with Crippen molar-refractivity contribution >= 4 is 96.3 Å². The number of rotatable bonds is 20. The molecule has 0 aliphatic carbocycles. The van der Waals surface area contributed by atoms with Crippen LogP contribution < -0.4 is 54.0 Å². The molecule has 8 aromatic carbocycles. The van der Waals surface area contributed by atoms with E-state index in [1.807, 2.05) is 92.7 Å². The number of nitrogens with zero attached hydrogens (tertiary/aromatic N) is 1. The van der Waals surface area contributed by atoms with Crippen LogP contribution in [0.15, 0.2) is 194 Å². The molecule has 23 heteroatoms. The van der Waals surface area contributed by atoms with E-state index >= 15 is 24.0 Å². The number of nitrogens with one attached hydrogen (secondary N) is 8. The third-order valence-corrected chi connectivity index (χ3v) is 18.8. The lowest BCUT2D eigenvalue weighted by Gasteiger charge is -2.32. The van der Waals surface area contributed by atoms with Crippen LogP contribution in [0.2, 0.25) is 0 Å². The van der Waals surface area contributed by atoms with E-state index in [0.717, 1.165) is 48.2 Å². The van der Waals surface area contributed by atoms with Crippen LogP contribution in [0.4, 0.5) is 0 Å². The van der Waals surface area contributed by atoms with E-state index in [1.54, 1.807) is 103 Å². The molecule has 1 fully saturated rings. The van der Waals surface area contributed by atoms with Crippen molar-refractivity contribution in [1.29, 1.82) is 0 Å². The molecule has 0 aromatic heterocycles. The van der Waals surface area contributed by atoms with Gasteiger partial charge < -0.3 is 64.0 Å².